The Morgan fingerprint density at radius 1 is 1.64 bits per heavy atom. The Morgan fingerprint density at radius 3 is 2.71 bits per heavy atom. The van der Waals surface area contributed by atoms with Gasteiger partial charge in [0, 0.05) is 0 Å². The van der Waals surface area contributed by atoms with Gasteiger partial charge in [0.2, 0.25) is 0 Å². The standard InChI is InChI=1S/C7H7I2N2O3/c1-14-7-3-5(10)6(11(12)13)2-4(7)9-8/h2-3H,10H2,1H3/q-1. The third-order valence-electron chi connectivity index (χ3n) is 1.57. The number of ether oxygens (including phenoxy) is 1. The van der Waals surface area contributed by atoms with E-state index in [1.807, 2.05) is 0 Å². The van der Waals surface area contributed by atoms with E-state index in [9.17, 15) is 10.1 Å². The van der Waals surface area contributed by atoms with Crippen molar-refractivity contribution in [3.8, 4) is 5.75 Å². The van der Waals surface area contributed by atoms with Crippen LogP contribution in [0.2, 0.25) is 0 Å². The van der Waals surface area contributed by atoms with Gasteiger partial charge in [-0.15, -0.1) is 0 Å². The molecule has 0 aliphatic carbocycles. The number of nitrogens with zero attached hydrogens (tertiary/aromatic N) is 1. The van der Waals surface area contributed by atoms with Gasteiger partial charge in [-0.1, -0.05) is 0 Å². The van der Waals surface area contributed by atoms with Crippen LogP contribution in [-0.4, -0.2) is 12.0 Å². The number of anilines is 1. The average molecular weight is 421 g/mol. The topological polar surface area (TPSA) is 78.4 Å². The van der Waals surface area contributed by atoms with Gasteiger partial charge in [0.25, 0.3) is 0 Å². The molecule has 0 fully saturated rings. The van der Waals surface area contributed by atoms with Crippen molar-refractivity contribution in [1.82, 2.24) is 0 Å². The van der Waals surface area contributed by atoms with Crippen LogP contribution in [0.5, 0.6) is 5.75 Å². The van der Waals surface area contributed by atoms with Gasteiger partial charge in [-0.2, -0.15) is 0 Å². The Labute approximate surface area is 101 Å². The van der Waals surface area contributed by atoms with Crippen LogP contribution >= 0.6 is 18.6 Å². The van der Waals surface area contributed by atoms with Gasteiger partial charge in [0.05, 0.1) is 0 Å². The first-order valence-corrected chi connectivity index (χ1v) is 10.8. The first-order valence-electron chi connectivity index (χ1n) is 3.48. The number of nitro groups is 1. The molecular weight excluding hydrogens is 414 g/mol. The summed E-state index contributed by atoms with van der Waals surface area (Å²) in [6.45, 7) is 0. The van der Waals surface area contributed by atoms with Gasteiger partial charge in [0.15, 0.2) is 0 Å². The van der Waals surface area contributed by atoms with E-state index < -0.39 is 4.92 Å². The molecule has 1 aromatic rings. The molecule has 0 aliphatic rings. The molecule has 14 heavy (non-hydrogen) atoms. The summed E-state index contributed by atoms with van der Waals surface area (Å²) in [5.74, 6) is 0.635. The van der Waals surface area contributed by atoms with Gasteiger partial charge in [0.1, 0.15) is 0 Å². The fourth-order valence-corrected chi connectivity index (χ4v) is 4.06. The quantitative estimate of drug-likeness (QED) is 0.288. The molecule has 0 saturated heterocycles. The third kappa shape index (κ3) is 2.38. The van der Waals surface area contributed by atoms with E-state index in [2.05, 4.69) is 18.6 Å². The van der Waals surface area contributed by atoms with E-state index >= 15 is 0 Å². The van der Waals surface area contributed by atoms with Crippen molar-refractivity contribution in [2.24, 2.45) is 0 Å². The van der Waals surface area contributed by atoms with Crippen LogP contribution in [0.4, 0.5) is 11.4 Å². The number of hydrogen-bond acceptors (Lipinski definition) is 4. The van der Waals surface area contributed by atoms with E-state index in [1.165, 1.54) is 19.2 Å². The summed E-state index contributed by atoms with van der Waals surface area (Å²) >= 11 is 1.93. The molecule has 0 atom stereocenters. The molecule has 0 heterocycles. The number of nitrogens with two attached hydrogens (primary N) is 1. The summed E-state index contributed by atoms with van der Waals surface area (Å²) in [4.78, 5) is 10.1. The number of nitro benzene ring substituents is 1. The van der Waals surface area contributed by atoms with E-state index in [0.717, 1.165) is 3.57 Å². The molecule has 0 radical (unpaired) electrons. The molecule has 0 saturated carbocycles. The van der Waals surface area contributed by atoms with Crippen molar-refractivity contribution >= 4 is 30.0 Å². The fourth-order valence-electron chi connectivity index (χ4n) is 0.929. The Hall–Kier alpha value is -0.320. The van der Waals surface area contributed by atoms with Gasteiger partial charge in [-0.3, -0.25) is 0 Å². The van der Waals surface area contributed by atoms with Crippen molar-refractivity contribution in [1.29, 1.82) is 0 Å². The zero-order valence-corrected chi connectivity index (χ0v) is 11.5. The number of benzene rings is 1. The SMILES string of the molecule is COc1cc(N)c([N+](=O)[O-])cc1[I-]I. The third-order valence-corrected chi connectivity index (χ3v) is 5.80. The second-order valence-corrected chi connectivity index (χ2v) is 6.68. The first-order chi connectivity index (χ1) is 6.60. The fraction of sp³-hybridized carbons (Fsp3) is 0.143. The second-order valence-electron chi connectivity index (χ2n) is 2.37. The normalized spacial score (nSPS) is 10.1. The van der Waals surface area contributed by atoms with Crippen LogP contribution in [0.25, 0.3) is 0 Å². The number of methoxy groups -OCH3 is 1. The molecule has 0 spiro atoms. The minimum atomic E-state index is -0.478. The van der Waals surface area contributed by atoms with E-state index in [0.29, 0.717) is 5.75 Å². The Bertz CT molecular complexity index is 370. The summed E-state index contributed by atoms with van der Waals surface area (Å²) in [5.41, 5.74) is 5.61. The maximum absolute atomic E-state index is 10.6. The molecule has 0 unspecified atom stereocenters. The van der Waals surface area contributed by atoms with E-state index in [-0.39, 0.29) is 28.6 Å². The number of halogens is 2. The van der Waals surface area contributed by atoms with Crippen molar-refractivity contribution < 1.29 is 26.9 Å². The average Bonchev–Trinajstić information content (AvgIpc) is 2.16. The molecule has 5 nitrogen and oxygen atoms in total. The minimum absolute atomic E-state index is 0.0443. The molecule has 0 aliphatic heterocycles. The van der Waals surface area contributed by atoms with Gasteiger partial charge in [-0.05, 0) is 0 Å². The van der Waals surface area contributed by atoms with Gasteiger partial charge in [-0.25, -0.2) is 0 Å². The van der Waals surface area contributed by atoms with Crippen molar-refractivity contribution in [2.75, 3.05) is 12.8 Å². The van der Waals surface area contributed by atoms with Crippen LogP contribution in [0.1, 0.15) is 0 Å². The molecule has 2 N–H and O–H groups in total. The van der Waals surface area contributed by atoms with Crippen molar-refractivity contribution in [2.45, 2.75) is 0 Å². The Morgan fingerprint density at radius 2 is 2.29 bits per heavy atom. The first kappa shape index (κ1) is 11.8. The molecule has 0 amide bonds. The molecular formula is C7H7I2N2O3-. The number of rotatable bonds is 3. The van der Waals surface area contributed by atoms with Crippen LogP contribution in [-0.2, 0) is 0 Å². The predicted octanol–water partition coefficient (Wildman–Crippen LogP) is -1.21. The second kappa shape index (κ2) is 4.96. The summed E-state index contributed by atoms with van der Waals surface area (Å²) in [7, 11) is 1.53. The monoisotopic (exact) mass is 421 g/mol. The number of nitrogen functional groups attached to an aromatic ring is 1. The Kier molecular flexibility index (Phi) is 4.16. The van der Waals surface area contributed by atoms with Crippen LogP contribution in [0, 0.1) is 13.7 Å². The molecule has 0 aromatic heterocycles. The molecule has 78 valence electrons. The molecule has 7 heteroatoms. The van der Waals surface area contributed by atoms with Crippen LogP contribution in [0.3, 0.4) is 0 Å². The summed E-state index contributed by atoms with van der Waals surface area (Å²) in [6, 6.07) is 3.00. The molecule has 1 rings (SSSR count). The maximum atomic E-state index is 10.6. The molecule has 1 aromatic carbocycles. The summed E-state index contributed by atoms with van der Waals surface area (Å²) in [6.07, 6.45) is 0. The van der Waals surface area contributed by atoms with Gasteiger partial charge < -0.3 is 0 Å². The molecule has 0 bridgehead atoms. The van der Waals surface area contributed by atoms with Crippen molar-refractivity contribution in [3.05, 3.63) is 25.8 Å². The van der Waals surface area contributed by atoms with E-state index in [4.69, 9.17) is 10.5 Å². The predicted molar refractivity (Wildman–Crippen MR) is 56.8 cm³/mol. The zero-order valence-electron chi connectivity index (χ0n) is 7.16. The van der Waals surface area contributed by atoms with Crippen LogP contribution in [0.15, 0.2) is 12.1 Å². The van der Waals surface area contributed by atoms with E-state index in [1.54, 1.807) is 0 Å². The van der Waals surface area contributed by atoms with Crippen LogP contribution < -0.4 is 27.7 Å². The summed E-state index contributed by atoms with van der Waals surface area (Å²) in [5, 5.41) is 10.6. The zero-order chi connectivity index (χ0) is 10.7. The van der Waals surface area contributed by atoms with Crippen molar-refractivity contribution in [3.63, 3.8) is 0 Å². The Balaban J connectivity index is 3.30. The van der Waals surface area contributed by atoms with Gasteiger partial charge >= 0.3 is 101 Å². The summed E-state index contributed by atoms with van der Waals surface area (Å²) < 4.78 is 5.95. The number of hydrogen-bond donors (Lipinski definition) is 1.